The Morgan fingerprint density at radius 2 is 1.44 bits per heavy atom. The monoisotopic (exact) mass is 621 g/mol. The van der Waals surface area contributed by atoms with Crippen LogP contribution in [0.25, 0.3) is 0 Å². The molecule has 8 nitrogen and oxygen atoms in total. The molecule has 0 unspecified atom stereocenters. The summed E-state index contributed by atoms with van der Waals surface area (Å²) >= 11 is 6.04. The second-order valence-electron chi connectivity index (χ2n) is 10.9. The number of benzene rings is 4. The first-order valence-electron chi connectivity index (χ1n) is 14.6. The van der Waals surface area contributed by atoms with Crippen LogP contribution < -0.4 is 10.1 Å². The molecular formula is C36H32ClN3O5. The van der Waals surface area contributed by atoms with Crippen LogP contribution in [-0.4, -0.2) is 47.2 Å². The van der Waals surface area contributed by atoms with E-state index < -0.39 is 5.92 Å². The quantitative estimate of drug-likeness (QED) is 0.126. The van der Waals surface area contributed by atoms with E-state index in [1.807, 2.05) is 60.7 Å². The smallest absolute Gasteiger partial charge is 0.261 e. The number of imide groups is 1. The van der Waals surface area contributed by atoms with E-state index in [4.69, 9.17) is 21.7 Å². The first kappa shape index (κ1) is 31.3. The van der Waals surface area contributed by atoms with Gasteiger partial charge in [0.15, 0.2) is 0 Å². The number of rotatable bonds is 14. The highest BCUT2D eigenvalue weighted by molar-refractivity contribution is 6.30. The Kier molecular flexibility index (Phi) is 10.2. The third kappa shape index (κ3) is 8.31. The maximum atomic E-state index is 13.3. The predicted molar refractivity (Wildman–Crippen MR) is 172 cm³/mol. The molecule has 0 saturated carbocycles. The molecule has 1 aliphatic heterocycles. The standard InChI is InChI=1S/C36H32ClN3O5/c37-27-15-13-24(14-16-27)19-26(34(42)39-17-18-40-35(43)32-11-4-5-12-33(32)36(40)44)22-28(38)23-29(41)20-25-7-6-10-31(21-25)45-30-8-2-1-3-9-30/h1-16,21,26,38H,17-20,22-23H2,(H,39,42)/t26-/m1/s1. The minimum Gasteiger partial charge on any atom is -0.457 e. The molecule has 0 fully saturated rings. The maximum Gasteiger partial charge on any atom is 0.261 e. The van der Waals surface area contributed by atoms with Gasteiger partial charge in [-0.3, -0.25) is 24.1 Å². The van der Waals surface area contributed by atoms with Crippen molar-refractivity contribution in [2.75, 3.05) is 13.1 Å². The van der Waals surface area contributed by atoms with Gasteiger partial charge in [0.1, 0.15) is 17.3 Å². The second kappa shape index (κ2) is 14.6. The molecule has 5 rings (SSSR count). The number of fused-ring (bicyclic) bond motifs is 1. The normalized spacial score (nSPS) is 12.9. The van der Waals surface area contributed by atoms with Crippen LogP contribution >= 0.6 is 11.6 Å². The molecule has 45 heavy (non-hydrogen) atoms. The number of para-hydroxylation sites is 1. The van der Waals surface area contributed by atoms with Crippen molar-refractivity contribution in [2.24, 2.45) is 5.92 Å². The van der Waals surface area contributed by atoms with Crippen molar-refractivity contribution in [1.82, 2.24) is 10.2 Å². The van der Waals surface area contributed by atoms with Gasteiger partial charge in [-0.05, 0) is 72.5 Å². The summed E-state index contributed by atoms with van der Waals surface area (Å²) in [4.78, 5) is 52.8. The van der Waals surface area contributed by atoms with E-state index >= 15 is 0 Å². The number of ether oxygens (including phenoxy) is 1. The molecular weight excluding hydrogens is 590 g/mol. The van der Waals surface area contributed by atoms with Gasteiger partial charge in [0.2, 0.25) is 5.91 Å². The van der Waals surface area contributed by atoms with Crippen LogP contribution in [0.15, 0.2) is 103 Å². The Morgan fingerprint density at radius 3 is 2.13 bits per heavy atom. The molecule has 4 aromatic rings. The van der Waals surface area contributed by atoms with Crippen LogP contribution in [0.2, 0.25) is 5.02 Å². The fourth-order valence-electron chi connectivity index (χ4n) is 5.28. The lowest BCUT2D eigenvalue weighted by atomic mass is 9.91. The lowest BCUT2D eigenvalue weighted by molar-refractivity contribution is -0.125. The molecule has 2 N–H and O–H groups in total. The van der Waals surface area contributed by atoms with Gasteiger partial charge < -0.3 is 15.5 Å². The molecule has 0 aliphatic carbocycles. The number of amides is 3. The maximum absolute atomic E-state index is 13.3. The van der Waals surface area contributed by atoms with E-state index in [9.17, 15) is 19.2 Å². The summed E-state index contributed by atoms with van der Waals surface area (Å²) in [5, 5.41) is 12.0. The van der Waals surface area contributed by atoms with Crippen LogP contribution in [0.5, 0.6) is 11.5 Å². The highest BCUT2D eigenvalue weighted by atomic mass is 35.5. The van der Waals surface area contributed by atoms with Gasteiger partial charge in [0.05, 0.1) is 11.1 Å². The van der Waals surface area contributed by atoms with Crippen LogP contribution in [-0.2, 0) is 22.4 Å². The Morgan fingerprint density at radius 1 is 0.800 bits per heavy atom. The second-order valence-corrected chi connectivity index (χ2v) is 11.3. The fraction of sp³-hybridized carbons (Fsp3) is 0.194. The number of hydrogen-bond donors (Lipinski definition) is 2. The molecule has 0 radical (unpaired) electrons. The number of ketones is 1. The van der Waals surface area contributed by atoms with Crippen molar-refractivity contribution < 1.29 is 23.9 Å². The van der Waals surface area contributed by atoms with Crippen molar-refractivity contribution in [3.8, 4) is 11.5 Å². The first-order valence-corrected chi connectivity index (χ1v) is 15.0. The predicted octanol–water partition coefficient (Wildman–Crippen LogP) is 6.32. The van der Waals surface area contributed by atoms with E-state index in [0.29, 0.717) is 34.1 Å². The number of carbonyl (C=O) groups is 4. The van der Waals surface area contributed by atoms with Crippen molar-refractivity contribution in [1.29, 1.82) is 5.41 Å². The SMILES string of the molecule is N=C(CC(=O)Cc1cccc(Oc2ccccc2)c1)C[C@@H](Cc1ccc(Cl)cc1)C(=O)NCCN1C(=O)c2ccccc2C1=O. The largest absolute Gasteiger partial charge is 0.457 e. The summed E-state index contributed by atoms with van der Waals surface area (Å²) in [5.41, 5.74) is 2.47. The Hall–Kier alpha value is -5.08. The third-order valence-corrected chi connectivity index (χ3v) is 7.71. The number of hydrogen-bond acceptors (Lipinski definition) is 6. The topological polar surface area (TPSA) is 117 Å². The van der Waals surface area contributed by atoms with Gasteiger partial charge in [-0.2, -0.15) is 0 Å². The van der Waals surface area contributed by atoms with Crippen LogP contribution in [0.4, 0.5) is 0 Å². The molecule has 0 bridgehead atoms. The van der Waals surface area contributed by atoms with Crippen LogP contribution in [0.3, 0.4) is 0 Å². The van der Waals surface area contributed by atoms with E-state index in [0.717, 1.165) is 16.0 Å². The number of nitrogens with one attached hydrogen (secondary N) is 2. The average Bonchev–Trinajstić information content (AvgIpc) is 3.27. The molecule has 0 saturated heterocycles. The molecule has 1 heterocycles. The molecule has 4 aromatic carbocycles. The molecule has 228 valence electrons. The molecule has 9 heteroatoms. The van der Waals surface area contributed by atoms with E-state index in [1.54, 1.807) is 42.5 Å². The van der Waals surface area contributed by atoms with Crippen molar-refractivity contribution in [2.45, 2.75) is 25.7 Å². The summed E-state index contributed by atoms with van der Waals surface area (Å²) in [6.45, 7) is 0.0871. The van der Waals surface area contributed by atoms with Gasteiger partial charge in [0.25, 0.3) is 11.8 Å². The van der Waals surface area contributed by atoms with E-state index in [1.165, 1.54) is 0 Å². The zero-order chi connectivity index (χ0) is 31.8. The highest BCUT2D eigenvalue weighted by Crippen LogP contribution is 2.24. The minimum atomic E-state index is -0.642. The minimum absolute atomic E-state index is 0.0226. The summed E-state index contributed by atoms with van der Waals surface area (Å²) in [6.07, 6.45) is 0.432. The highest BCUT2D eigenvalue weighted by Gasteiger charge is 2.34. The van der Waals surface area contributed by atoms with E-state index in [2.05, 4.69) is 5.32 Å². The Labute approximate surface area is 266 Å². The van der Waals surface area contributed by atoms with Crippen molar-refractivity contribution >= 4 is 40.8 Å². The lowest BCUT2D eigenvalue weighted by Crippen LogP contribution is -2.40. The van der Waals surface area contributed by atoms with Gasteiger partial charge in [-0.25, -0.2) is 0 Å². The number of halogens is 1. The zero-order valence-corrected chi connectivity index (χ0v) is 25.3. The Bertz CT molecular complexity index is 1690. The molecule has 1 aliphatic rings. The molecule has 0 aromatic heterocycles. The van der Waals surface area contributed by atoms with Crippen molar-refractivity contribution in [3.05, 3.63) is 130 Å². The third-order valence-electron chi connectivity index (χ3n) is 7.46. The summed E-state index contributed by atoms with van der Waals surface area (Å²) in [6, 6.07) is 30.4. The van der Waals surface area contributed by atoms with E-state index in [-0.39, 0.29) is 61.6 Å². The van der Waals surface area contributed by atoms with Crippen LogP contribution in [0, 0.1) is 11.3 Å². The molecule has 1 atom stereocenters. The number of Topliss-reactive ketones (excluding diaryl/α,β-unsaturated/α-hetero) is 1. The fourth-order valence-corrected chi connectivity index (χ4v) is 5.41. The number of nitrogens with zero attached hydrogens (tertiary/aromatic N) is 1. The zero-order valence-electron chi connectivity index (χ0n) is 24.5. The molecule has 3 amide bonds. The van der Waals surface area contributed by atoms with Gasteiger partial charge in [-0.1, -0.05) is 66.2 Å². The van der Waals surface area contributed by atoms with Crippen molar-refractivity contribution in [3.63, 3.8) is 0 Å². The Balaban J connectivity index is 1.17. The lowest BCUT2D eigenvalue weighted by Gasteiger charge is -2.19. The van der Waals surface area contributed by atoms with Crippen LogP contribution in [0.1, 0.15) is 44.7 Å². The first-order chi connectivity index (χ1) is 21.8. The number of carbonyl (C=O) groups excluding carboxylic acids is 4. The summed E-state index contributed by atoms with van der Waals surface area (Å²) < 4.78 is 5.87. The average molecular weight is 622 g/mol. The summed E-state index contributed by atoms with van der Waals surface area (Å²) in [5.74, 6) is -0.590. The van der Waals surface area contributed by atoms with Gasteiger partial charge in [0, 0.05) is 42.6 Å². The van der Waals surface area contributed by atoms with Gasteiger partial charge >= 0.3 is 0 Å². The molecule has 0 spiro atoms. The van der Waals surface area contributed by atoms with Gasteiger partial charge in [-0.15, -0.1) is 0 Å². The summed E-state index contributed by atoms with van der Waals surface area (Å²) in [7, 11) is 0.